The zero-order valence-corrected chi connectivity index (χ0v) is 15.4. The fraction of sp³-hybridized carbons (Fsp3) is 0.0833. The SMILES string of the molecule is Cc1ccc(/C=C/c2nc3ccccc3c(=O)n2-c2ccc(C)cc2)cc1. The highest BCUT2D eigenvalue weighted by atomic mass is 16.1. The van der Waals surface area contributed by atoms with Gasteiger partial charge in [-0.1, -0.05) is 65.7 Å². The van der Waals surface area contributed by atoms with E-state index in [0.29, 0.717) is 16.7 Å². The minimum atomic E-state index is -0.0620. The molecule has 0 spiro atoms. The quantitative estimate of drug-likeness (QED) is 0.510. The van der Waals surface area contributed by atoms with Crippen LogP contribution < -0.4 is 5.56 Å². The Kier molecular flexibility index (Phi) is 4.43. The van der Waals surface area contributed by atoms with Crippen molar-refractivity contribution in [3.05, 3.63) is 106 Å². The van der Waals surface area contributed by atoms with Gasteiger partial charge in [-0.25, -0.2) is 4.98 Å². The smallest absolute Gasteiger partial charge is 0.266 e. The van der Waals surface area contributed by atoms with Gasteiger partial charge in [0.25, 0.3) is 5.56 Å². The summed E-state index contributed by atoms with van der Waals surface area (Å²) in [4.78, 5) is 17.9. The van der Waals surface area contributed by atoms with E-state index in [-0.39, 0.29) is 5.56 Å². The van der Waals surface area contributed by atoms with E-state index in [2.05, 4.69) is 31.2 Å². The molecule has 0 aliphatic heterocycles. The van der Waals surface area contributed by atoms with Crippen molar-refractivity contribution >= 4 is 23.1 Å². The van der Waals surface area contributed by atoms with Gasteiger partial charge in [0.2, 0.25) is 0 Å². The molecule has 0 saturated carbocycles. The van der Waals surface area contributed by atoms with Crippen molar-refractivity contribution in [1.29, 1.82) is 0 Å². The van der Waals surface area contributed by atoms with Crippen LogP contribution in [0.3, 0.4) is 0 Å². The van der Waals surface area contributed by atoms with Gasteiger partial charge in [0.15, 0.2) is 0 Å². The van der Waals surface area contributed by atoms with Crippen molar-refractivity contribution in [2.24, 2.45) is 0 Å². The highest BCUT2D eigenvalue weighted by Gasteiger charge is 2.10. The molecule has 4 aromatic rings. The zero-order chi connectivity index (χ0) is 18.8. The zero-order valence-electron chi connectivity index (χ0n) is 15.4. The molecule has 0 N–H and O–H groups in total. The normalized spacial score (nSPS) is 11.3. The lowest BCUT2D eigenvalue weighted by molar-refractivity contribution is 0.943. The average molecular weight is 352 g/mol. The minimum Gasteiger partial charge on any atom is -0.268 e. The van der Waals surface area contributed by atoms with Crippen LogP contribution in [0.15, 0.2) is 77.6 Å². The van der Waals surface area contributed by atoms with Gasteiger partial charge < -0.3 is 0 Å². The highest BCUT2D eigenvalue weighted by Crippen LogP contribution is 2.16. The summed E-state index contributed by atoms with van der Waals surface area (Å²) in [5.41, 5.74) is 4.89. The predicted molar refractivity (Wildman–Crippen MR) is 112 cm³/mol. The van der Waals surface area contributed by atoms with Crippen LogP contribution in [0.25, 0.3) is 28.7 Å². The second-order valence-electron chi connectivity index (χ2n) is 6.71. The summed E-state index contributed by atoms with van der Waals surface area (Å²) in [6, 6.07) is 23.6. The predicted octanol–water partition coefficient (Wildman–Crippen LogP) is 5.17. The number of aryl methyl sites for hydroxylation is 2. The number of aromatic nitrogens is 2. The van der Waals surface area contributed by atoms with Crippen molar-refractivity contribution in [2.75, 3.05) is 0 Å². The number of hydrogen-bond donors (Lipinski definition) is 0. The topological polar surface area (TPSA) is 34.9 Å². The van der Waals surface area contributed by atoms with Crippen LogP contribution in [0.2, 0.25) is 0 Å². The Labute approximate surface area is 158 Å². The first-order valence-corrected chi connectivity index (χ1v) is 8.95. The second-order valence-corrected chi connectivity index (χ2v) is 6.71. The second kappa shape index (κ2) is 7.04. The molecule has 0 amide bonds. The third-order valence-corrected chi connectivity index (χ3v) is 4.60. The molecule has 0 saturated heterocycles. The van der Waals surface area contributed by atoms with Gasteiger partial charge in [0.1, 0.15) is 5.82 Å². The van der Waals surface area contributed by atoms with Gasteiger partial charge in [0, 0.05) is 0 Å². The minimum absolute atomic E-state index is 0.0620. The molecule has 0 atom stereocenters. The Balaban J connectivity index is 1.92. The van der Waals surface area contributed by atoms with Crippen LogP contribution >= 0.6 is 0 Å². The molecule has 0 unspecified atom stereocenters. The fourth-order valence-corrected chi connectivity index (χ4v) is 3.05. The van der Waals surface area contributed by atoms with Crippen LogP contribution in [0.1, 0.15) is 22.5 Å². The molecule has 3 heteroatoms. The highest BCUT2D eigenvalue weighted by molar-refractivity contribution is 5.80. The maximum absolute atomic E-state index is 13.2. The van der Waals surface area contributed by atoms with Gasteiger partial charge in [-0.2, -0.15) is 0 Å². The molecule has 1 heterocycles. The summed E-state index contributed by atoms with van der Waals surface area (Å²) in [5, 5.41) is 0.616. The van der Waals surface area contributed by atoms with Crippen LogP contribution in [-0.4, -0.2) is 9.55 Å². The molecular formula is C24H20N2O. The monoisotopic (exact) mass is 352 g/mol. The van der Waals surface area contributed by atoms with Gasteiger partial charge in [-0.05, 0) is 49.8 Å². The van der Waals surface area contributed by atoms with E-state index in [4.69, 9.17) is 4.98 Å². The summed E-state index contributed by atoms with van der Waals surface area (Å²) < 4.78 is 1.67. The van der Waals surface area contributed by atoms with Crippen molar-refractivity contribution in [1.82, 2.24) is 9.55 Å². The standard InChI is InChI=1S/C24H20N2O/c1-17-7-11-19(12-8-17)13-16-23-25-22-6-4-3-5-21(22)24(27)26(23)20-14-9-18(2)10-15-20/h3-16H,1-2H3/b16-13+. The van der Waals surface area contributed by atoms with Crippen LogP contribution in [0, 0.1) is 13.8 Å². The Morgan fingerprint density at radius 3 is 2.11 bits per heavy atom. The Morgan fingerprint density at radius 1 is 0.778 bits per heavy atom. The van der Waals surface area contributed by atoms with Crippen LogP contribution in [0.4, 0.5) is 0 Å². The number of hydrogen-bond acceptors (Lipinski definition) is 2. The van der Waals surface area contributed by atoms with E-state index in [1.54, 1.807) is 4.57 Å². The molecule has 0 radical (unpaired) electrons. The number of rotatable bonds is 3. The number of para-hydroxylation sites is 1. The summed E-state index contributed by atoms with van der Waals surface area (Å²) in [6.07, 6.45) is 3.89. The van der Waals surface area contributed by atoms with E-state index in [0.717, 1.165) is 16.8 Å². The molecular weight excluding hydrogens is 332 g/mol. The van der Waals surface area contributed by atoms with Gasteiger partial charge in [0.05, 0.1) is 16.6 Å². The van der Waals surface area contributed by atoms with E-state index in [9.17, 15) is 4.79 Å². The lowest BCUT2D eigenvalue weighted by atomic mass is 10.1. The van der Waals surface area contributed by atoms with E-state index >= 15 is 0 Å². The maximum atomic E-state index is 13.2. The molecule has 132 valence electrons. The molecule has 27 heavy (non-hydrogen) atoms. The molecule has 0 fully saturated rings. The van der Waals surface area contributed by atoms with Crippen molar-refractivity contribution in [3.63, 3.8) is 0 Å². The van der Waals surface area contributed by atoms with Gasteiger partial charge >= 0.3 is 0 Å². The Hall–Kier alpha value is -3.46. The Morgan fingerprint density at radius 2 is 1.41 bits per heavy atom. The lowest BCUT2D eigenvalue weighted by Crippen LogP contribution is -2.22. The third kappa shape index (κ3) is 3.44. The van der Waals surface area contributed by atoms with E-state index < -0.39 is 0 Å². The molecule has 1 aromatic heterocycles. The first-order chi connectivity index (χ1) is 13.1. The van der Waals surface area contributed by atoms with E-state index in [1.165, 1.54) is 5.56 Å². The van der Waals surface area contributed by atoms with Crippen molar-refractivity contribution in [2.45, 2.75) is 13.8 Å². The first-order valence-electron chi connectivity index (χ1n) is 8.95. The molecule has 0 bridgehead atoms. The molecule has 0 aliphatic rings. The molecule has 0 aliphatic carbocycles. The third-order valence-electron chi connectivity index (χ3n) is 4.60. The first kappa shape index (κ1) is 17.0. The Bertz CT molecular complexity index is 1180. The maximum Gasteiger partial charge on any atom is 0.266 e. The molecule has 3 aromatic carbocycles. The van der Waals surface area contributed by atoms with Gasteiger partial charge in [-0.3, -0.25) is 9.36 Å². The van der Waals surface area contributed by atoms with Crippen molar-refractivity contribution < 1.29 is 0 Å². The summed E-state index contributed by atoms with van der Waals surface area (Å²) in [6.45, 7) is 4.09. The molecule has 3 nitrogen and oxygen atoms in total. The van der Waals surface area contributed by atoms with Crippen LogP contribution in [-0.2, 0) is 0 Å². The lowest BCUT2D eigenvalue weighted by Gasteiger charge is -2.11. The number of fused-ring (bicyclic) bond motifs is 1. The summed E-state index contributed by atoms with van der Waals surface area (Å²) in [5.74, 6) is 0.614. The summed E-state index contributed by atoms with van der Waals surface area (Å²) >= 11 is 0. The van der Waals surface area contributed by atoms with E-state index in [1.807, 2.05) is 67.6 Å². The average Bonchev–Trinajstić information content (AvgIpc) is 2.69. The van der Waals surface area contributed by atoms with Crippen molar-refractivity contribution in [3.8, 4) is 5.69 Å². The van der Waals surface area contributed by atoms with Gasteiger partial charge in [-0.15, -0.1) is 0 Å². The number of nitrogens with zero attached hydrogens (tertiary/aromatic N) is 2. The van der Waals surface area contributed by atoms with Crippen LogP contribution in [0.5, 0.6) is 0 Å². The summed E-state index contributed by atoms with van der Waals surface area (Å²) in [7, 11) is 0. The largest absolute Gasteiger partial charge is 0.268 e. The number of benzene rings is 3. The molecule has 4 rings (SSSR count). The fourth-order valence-electron chi connectivity index (χ4n) is 3.05.